The SMILES string of the molecule is COC(=O)Cc1ccc(OC2CCNCC2)c(Br)c1. The highest BCUT2D eigenvalue weighted by Gasteiger charge is 2.16. The van der Waals surface area contributed by atoms with Crippen molar-refractivity contribution >= 4 is 21.9 Å². The summed E-state index contributed by atoms with van der Waals surface area (Å²) in [6.45, 7) is 2.01. The summed E-state index contributed by atoms with van der Waals surface area (Å²) in [5, 5.41) is 3.31. The van der Waals surface area contributed by atoms with E-state index < -0.39 is 0 Å². The van der Waals surface area contributed by atoms with E-state index >= 15 is 0 Å². The van der Waals surface area contributed by atoms with Gasteiger partial charge < -0.3 is 14.8 Å². The lowest BCUT2D eigenvalue weighted by molar-refractivity contribution is -0.139. The molecule has 0 bridgehead atoms. The van der Waals surface area contributed by atoms with E-state index in [4.69, 9.17) is 4.74 Å². The molecule has 0 amide bonds. The first-order chi connectivity index (χ1) is 9.19. The van der Waals surface area contributed by atoms with Gasteiger partial charge in [0.25, 0.3) is 0 Å². The Hall–Kier alpha value is -1.07. The van der Waals surface area contributed by atoms with Crippen molar-refractivity contribution < 1.29 is 14.3 Å². The van der Waals surface area contributed by atoms with Crippen LogP contribution in [0.4, 0.5) is 0 Å². The van der Waals surface area contributed by atoms with Crippen molar-refractivity contribution in [2.75, 3.05) is 20.2 Å². The van der Waals surface area contributed by atoms with Crippen LogP contribution in [0, 0.1) is 0 Å². The molecule has 0 radical (unpaired) electrons. The van der Waals surface area contributed by atoms with Gasteiger partial charge in [0, 0.05) is 0 Å². The number of piperidine rings is 1. The molecule has 0 aromatic heterocycles. The summed E-state index contributed by atoms with van der Waals surface area (Å²) >= 11 is 3.49. The molecule has 1 saturated heterocycles. The second-order valence-corrected chi connectivity index (χ2v) is 5.44. The van der Waals surface area contributed by atoms with Crippen LogP contribution in [0.15, 0.2) is 22.7 Å². The number of hydrogen-bond acceptors (Lipinski definition) is 4. The number of benzene rings is 1. The fraction of sp³-hybridized carbons (Fsp3) is 0.500. The molecule has 0 spiro atoms. The molecule has 0 aliphatic carbocycles. The molecule has 2 rings (SSSR count). The van der Waals surface area contributed by atoms with Crippen LogP contribution < -0.4 is 10.1 Å². The first kappa shape index (κ1) is 14.3. The Morgan fingerprint density at radius 3 is 2.79 bits per heavy atom. The van der Waals surface area contributed by atoms with E-state index in [2.05, 4.69) is 26.0 Å². The second-order valence-electron chi connectivity index (χ2n) is 4.58. The van der Waals surface area contributed by atoms with Gasteiger partial charge in [-0.1, -0.05) is 6.07 Å². The van der Waals surface area contributed by atoms with Crippen molar-refractivity contribution in [1.29, 1.82) is 0 Å². The maximum atomic E-state index is 11.2. The Bertz CT molecular complexity index is 444. The molecule has 0 atom stereocenters. The van der Waals surface area contributed by atoms with Crippen LogP contribution in [0.2, 0.25) is 0 Å². The normalized spacial score (nSPS) is 16.1. The minimum absolute atomic E-state index is 0.237. The highest BCUT2D eigenvalue weighted by atomic mass is 79.9. The van der Waals surface area contributed by atoms with Crippen LogP contribution in [-0.4, -0.2) is 32.3 Å². The van der Waals surface area contributed by atoms with Gasteiger partial charge in [-0.15, -0.1) is 0 Å². The lowest BCUT2D eigenvalue weighted by atomic mass is 10.1. The lowest BCUT2D eigenvalue weighted by Gasteiger charge is -2.24. The third kappa shape index (κ3) is 4.21. The van der Waals surface area contributed by atoms with Gasteiger partial charge in [0.2, 0.25) is 0 Å². The molecule has 1 aliphatic heterocycles. The molecule has 0 unspecified atom stereocenters. The summed E-state index contributed by atoms with van der Waals surface area (Å²) in [5.74, 6) is 0.597. The molecule has 1 aromatic rings. The average Bonchev–Trinajstić information content (AvgIpc) is 2.43. The topological polar surface area (TPSA) is 47.6 Å². The largest absolute Gasteiger partial charge is 0.489 e. The molecule has 1 aliphatic rings. The molecule has 1 N–H and O–H groups in total. The highest BCUT2D eigenvalue weighted by Crippen LogP contribution is 2.28. The zero-order chi connectivity index (χ0) is 13.7. The summed E-state index contributed by atoms with van der Waals surface area (Å²) in [4.78, 5) is 11.2. The first-order valence-electron chi connectivity index (χ1n) is 6.41. The van der Waals surface area contributed by atoms with Gasteiger partial charge >= 0.3 is 5.97 Å². The predicted octanol–water partition coefficient (Wildman–Crippen LogP) is 2.30. The highest BCUT2D eigenvalue weighted by molar-refractivity contribution is 9.10. The number of rotatable bonds is 4. The van der Waals surface area contributed by atoms with Crippen molar-refractivity contribution in [2.24, 2.45) is 0 Å². The third-order valence-electron chi connectivity index (χ3n) is 3.15. The molecule has 1 aromatic carbocycles. The first-order valence-corrected chi connectivity index (χ1v) is 7.21. The maximum absolute atomic E-state index is 11.2. The van der Waals surface area contributed by atoms with E-state index in [1.54, 1.807) is 0 Å². The Morgan fingerprint density at radius 2 is 2.16 bits per heavy atom. The number of halogens is 1. The zero-order valence-electron chi connectivity index (χ0n) is 10.9. The molecule has 1 heterocycles. The zero-order valence-corrected chi connectivity index (χ0v) is 12.5. The number of carbonyl (C=O) groups excluding carboxylic acids is 1. The Morgan fingerprint density at radius 1 is 1.42 bits per heavy atom. The van der Waals surface area contributed by atoms with Crippen LogP contribution >= 0.6 is 15.9 Å². The van der Waals surface area contributed by atoms with Crippen LogP contribution in [-0.2, 0) is 16.0 Å². The lowest BCUT2D eigenvalue weighted by Crippen LogP contribution is -2.34. The molecule has 1 fully saturated rings. The van der Waals surface area contributed by atoms with E-state index in [1.807, 2.05) is 18.2 Å². The molecular formula is C14H18BrNO3. The Balaban J connectivity index is 2.00. The second kappa shape index (κ2) is 6.91. The molecule has 104 valence electrons. The summed E-state index contributed by atoms with van der Waals surface area (Å²) in [5.41, 5.74) is 0.913. The van der Waals surface area contributed by atoms with Gasteiger partial charge in [0.05, 0.1) is 18.0 Å². The summed E-state index contributed by atoms with van der Waals surface area (Å²) in [7, 11) is 1.39. The van der Waals surface area contributed by atoms with Gasteiger partial charge in [-0.05, 0) is 59.6 Å². The summed E-state index contributed by atoms with van der Waals surface area (Å²) in [6, 6.07) is 5.72. The van der Waals surface area contributed by atoms with E-state index in [9.17, 15) is 4.79 Å². The smallest absolute Gasteiger partial charge is 0.309 e. The number of carbonyl (C=O) groups is 1. The average molecular weight is 328 g/mol. The number of methoxy groups -OCH3 is 1. The fourth-order valence-electron chi connectivity index (χ4n) is 2.08. The minimum atomic E-state index is -0.237. The van der Waals surface area contributed by atoms with Gasteiger partial charge in [-0.2, -0.15) is 0 Å². The van der Waals surface area contributed by atoms with Gasteiger partial charge in [0.15, 0.2) is 0 Å². The Labute approximate surface area is 121 Å². The maximum Gasteiger partial charge on any atom is 0.309 e. The predicted molar refractivity (Wildman–Crippen MR) is 76.4 cm³/mol. The van der Waals surface area contributed by atoms with Crippen LogP contribution in [0.5, 0.6) is 5.75 Å². The van der Waals surface area contributed by atoms with E-state index in [0.717, 1.165) is 41.7 Å². The molecule has 4 nitrogen and oxygen atoms in total. The van der Waals surface area contributed by atoms with Crippen molar-refractivity contribution in [2.45, 2.75) is 25.4 Å². The van der Waals surface area contributed by atoms with Crippen LogP contribution in [0.3, 0.4) is 0 Å². The molecule has 19 heavy (non-hydrogen) atoms. The standard InChI is InChI=1S/C14H18BrNO3/c1-18-14(17)9-10-2-3-13(12(15)8-10)19-11-4-6-16-7-5-11/h2-3,8,11,16H,4-7,9H2,1H3. The Kier molecular flexibility index (Phi) is 5.22. The van der Waals surface area contributed by atoms with E-state index in [-0.39, 0.29) is 18.5 Å². The third-order valence-corrected chi connectivity index (χ3v) is 3.77. The molecular weight excluding hydrogens is 310 g/mol. The van der Waals surface area contributed by atoms with Gasteiger partial charge in [-0.25, -0.2) is 0 Å². The van der Waals surface area contributed by atoms with Crippen LogP contribution in [0.1, 0.15) is 18.4 Å². The minimum Gasteiger partial charge on any atom is -0.489 e. The number of esters is 1. The van der Waals surface area contributed by atoms with Crippen molar-refractivity contribution in [3.63, 3.8) is 0 Å². The van der Waals surface area contributed by atoms with Crippen molar-refractivity contribution in [3.8, 4) is 5.75 Å². The summed E-state index contributed by atoms with van der Waals surface area (Å²) < 4.78 is 11.5. The van der Waals surface area contributed by atoms with Crippen molar-refractivity contribution in [1.82, 2.24) is 5.32 Å². The quantitative estimate of drug-likeness (QED) is 0.862. The number of nitrogens with one attached hydrogen (secondary N) is 1. The van der Waals surface area contributed by atoms with E-state index in [1.165, 1.54) is 7.11 Å². The molecule has 0 saturated carbocycles. The van der Waals surface area contributed by atoms with Gasteiger partial charge in [-0.3, -0.25) is 4.79 Å². The number of hydrogen-bond donors (Lipinski definition) is 1. The van der Waals surface area contributed by atoms with Crippen molar-refractivity contribution in [3.05, 3.63) is 28.2 Å². The monoisotopic (exact) mass is 327 g/mol. The number of ether oxygens (including phenoxy) is 2. The molecule has 5 heteroatoms. The van der Waals surface area contributed by atoms with Gasteiger partial charge in [0.1, 0.15) is 11.9 Å². The summed E-state index contributed by atoms with van der Waals surface area (Å²) in [6.07, 6.45) is 2.60. The van der Waals surface area contributed by atoms with E-state index in [0.29, 0.717) is 0 Å². The fourth-order valence-corrected chi connectivity index (χ4v) is 2.60. The van der Waals surface area contributed by atoms with Crippen LogP contribution in [0.25, 0.3) is 0 Å².